The van der Waals surface area contributed by atoms with Crippen LogP contribution in [0.1, 0.15) is 22.0 Å². The summed E-state index contributed by atoms with van der Waals surface area (Å²) in [6.07, 6.45) is 0. The van der Waals surface area contributed by atoms with E-state index in [1.165, 1.54) is 21.3 Å². The average molecular weight is 393 g/mol. The molecule has 0 saturated heterocycles. The van der Waals surface area contributed by atoms with Gasteiger partial charge in [0.25, 0.3) is 5.91 Å². The molecule has 0 bridgehead atoms. The van der Waals surface area contributed by atoms with Crippen molar-refractivity contribution < 1.29 is 19.0 Å². The number of nitrogens with one attached hydrogen (secondary N) is 1. The molecule has 0 aliphatic heterocycles. The Bertz CT molecular complexity index is 796. The van der Waals surface area contributed by atoms with Crippen LogP contribution in [-0.4, -0.2) is 52.8 Å². The number of hydrogen-bond acceptors (Lipinski definition) is 5. The minimum atomic E-state index is -0.272. The van der Waals surface area contributed by atoms with E-state index in [1.807, 2.05) is 43.3 Å². The van der Waals surface area contributed by atoms with Crippen LogP contribution in [0.3, 0.4) is 0 Å². The van der Waals surface area contributed by atoms with E-state index in [-0.39, 0.29) is 11.9 Å². The Morgan fingerprint density at radius 3 is 2.26 bits per heavy atom. The SMILES string of the molecule is COc1ccc(C(=O)NC[C@H](c2ccccc2Cl)N(C)C)c(OC)c1OC. The van der Waals surface area contributed by atoms with Gasteiger partial charge in [0.05, 0.1) is 32.9 Å². The van der Waals surface area contributed by atoms with E-state index in [2.05, 4.69) is 5.32 Å². The number of carbonyl (C=O) groups is 1. The van der Waals surface area contributed by atoms with E-state index in [0.717, 1.165) is 5.56 Å². The van der Waals surface area contributed by atoms with Crippen LogP contribution in [0.15, 0.2) is 36.4 Å². The summed E-state index contributed by atoms with van der Waals surface area (Å²) in [5.41, 5.74) is 1.32. The third-order valence-electron chi connectivity index (χ3n) is 4.29. The molecule has 0 aliphatic rings. The third-order valence-corrected chi connectivity index (χ3v) is 4.64. The van der Waals surface area contributed by atoms with E-state index >= 15 is 0 Å². The molecule has 7 heteroatoms. The molecule has 1 atom stereocenters. The molecule has 0 saturated carbocycles. The largest absolute Gasteiger partial charge is 0.493 e. The first-order valence-electron chi connectivity index (χ1n) is 8.42. The zero-order valence-corrected chi connectivity index (χ0v) is 17.0. The van der Waals surface area contributed by atoms with Gasteiger partial charge in [0.2, 0.25) is 5.75 Å². The monoisotopic (exact) mass is 392 g/mol. The van der Waals surface area contributed by atoms with Crippen molar-refractivity contribution in [3.05, 3.63) is 52.5 Å². The van der Waals surface area contributed by atoms with Gasteiger partial charge in [0.1, 0.15) is 0 Å². The summed E-state index contributed by atoms with van der Waals surface area (Å²) in [6.45, 7) is 0.382. The predicted molar refractivity (Wildman–Crippen MR) is 106 cm³/mol. The van der Waals surface area contributed by atoms with Gasteiger partial charge >= 0.3 is 0 Å². The van der Waals surface area contributed by atoms with Crippen LogP contribution in [0.25, 0.3) is 0 Å². The van der Waals surface area contributed by atoms with E-state index in [9.17, 15) is 4.79 Å². The molecule has 0 aliphatic carbocycles. The molecular formula is C20H25ClN2O4. The maximum Gasteiger partial charge on any atom is 0.255 e. The molecule has 0 aromatic heterocycles. The number of likely N-dealkylation sites (N-methyl/N-ethyl adjacent to an activating group) is 1. The van der Waals surface area contributed by atoms with E-state index < -0.39 is 0 Å². The van der Waals surface area contributed by atoms with Gasteiger partial charge < -0.3 is 24.4 Å². The van der Waals surface area contributed by atoms with Crippen LogP contribution < -0.4 is 19.5 Å². The number of nitrogens with zero attached hydrogens (tertiary/aromatic N) is 1. The molecule has 0 spiro atoms. The smallest absolute Gasteiger partial charge is 0.255 e. The Balaban J connectivity index is 2.25. The van der Waals surface area contributed by atoms with Gasteiger partial charge in [0.15, 0.2) is 11.5 Å². The predicted octanol–water partition coefficient (Wildman–Crippen LogP) is 3.40. The average Bonchev–Trinajstić information content (AvgIpc) is 2.67. The van der Waals surface area contributed by atoms with Crippen LogP contribution in [0.2, 0.25) is 5.02 Å². The third kappa shape index (κ3) is 4.64. The fourth-order valence-corrected chi connectivity index (χ4v) is 3.14. The lowest BCUT2D eigenvalue weighted by atomic mass is 10.1. The number of hydrogen-bond donors (Lipinski definition) is 1. The van der Waals surface area contributed by atoms with E-state index in [0.29, 0.717) is 34.4 Å². The summed E-state index contributed by atoms with van der Waals surface area (Å²) in [5.74, 6) is 0.927. The highest BCUT2D eigenvalue weighted by atomic mass is 35.5. The zero-order valence-electron chi connectivity index (χ0n) is 16.2. The fraction of sp³-hybridized carbons (Fsp3) is 0.350. The van der Waals surface area contributed by atoms with Crippen molar-refractivity contribution in [3.63, 3.8) is 0 Å². The van der Waals surface area contributed by atoms with Gasteiger partial charge in [-0.1, -0.05) is 29.8 Å². The lowest BCUT2D eigenvalue weighted by Crippen LogP contribution is -2.34. The van der Waals surface area contributed by atoms with Crippen molar-refractivity contribution in [3.8, 4) is 17.2 Å². The standard InChI is InChI=1S/C20H25ClN2O4/c1-23(2)16(13-8-6-7-9-15(13)21)12-22-20(24)14-10-11-17(25-3)19(27-5)18(14)26-4/h6-11,16H,12H2,1-5H3,(H,22,24)/t16-/m1/s1. The van der Waals surface area contributed by atoms with Gasteiger partial charge in [-0.2, -0.15) is 0 Å². The van der Waals surface area contributed by atoms with Crippen LogP contribution >= 0.6 is 11.6 Å². The molecule has 2 aromatic carbocycles. The summed E-state index contributed by atoms with van der Waals surface area (Å²) in [7, 11) is 8.40. The van der Waals surface area contributed by atoms with E-state index in [1.54, 1.807) is 12.1 Å². The Morgan fingerprint density at radius 1 is 1.04 bits per heavy atom. The van der Waals surface area contributed by atoms with E-state index in [4.69, 9.17) is 25.8 Å². The lowest BCUT2D eigenvalue weighted by molar-refractivity contribution is 0.0938. The summed E-state index contributed by atoms with van der Waals surface area (Å²) >= 11 is 6.33. The Labute approximate surface area is 165 Å². The lowest BCUT2D eigenvalue weighted by Gasteiger charge is -2.26. The highest BCUT2D eigenvalue weighted by Crippen LogP contribution is 2.39. The number of ether oxygens (including phenoxy) is 3. The molecule has 2 aromatic rings. The van der Waals surface area contributed by atoms with Crippen LogP contribution in [0.4, 0.5) is 0 Å². The van der Waals surface area contributed by atoms with Gasteiger partial charge in [-0.25, -0.2) is 0 Å². The minimum absolute atomic E-state index is 0.0752. The number of halogens is 1. The number of benzene rings is 2. The van der Waals surface area contributed by atoms with Gasteiger partial charge in [-0.05, 0) is 37.9 Å². The van der Waals surface area contributed by atoms with Crippen molar-refractivity contribution >= 4 is 17.5 Å². The molecule has 1 N–H and O–H groups in total. The molecule has 27 heavy (non-hydrogen) atoms. The second kappa shape index (κ2) is 9.48. The molecule has 146 valence electrons. The maximum atomic E-state index is 12.8. The first kappa shape index (κ1) is 20.9. The Morgan fingerprint density at radius 2 is 1.70 bits per heavy atom. The zero-order chi connectivity index (χ0) is 20.0. The summed E-state index contributed by atoms with van der Waals surface area (Å²) < 4.78 is 16.0. The molecular weight excluding hydrogens is 368 g/mol. The topological polar surface area (TPSA) is 60.0 Å². The molecule has 0 heterocycles. The van der Waals surface area contributed by atoms with Crippen LogP contribution in [0.5, 0.6) is 17.2 Å². The van der Waals surface area contributed by atoms with Crippen molar-refractivity contribution in [2.75, 3.05) is 42.0 Å². The van der Waals surface area contributed by atoms with Crippen molar-refractivity contribution in [1.29, 1.82) is 0 Å². The van der Waals surface area contributed by atoms with Crippen LogP contribution in [-0.2, 0) is 0 Å². The van der Waals surface area contributed by atoms with Crippen molar-refractivity contribution in [1.82, 2.24) is 10.2 Å². The number of rotatable bonds is 8. The van der Waals surface area contributed by atoms with Crippen LogP contribution in [0, 0.1) is 0 Å². The van der Waals surface area contributed by atoms with Gasteiger partial charge in [-0.3, -0.25) is 4.79 Å². The summed E-state index contributed by atoms with van der Waals surface area (Å²) in [4.78, 5) is 14.8. The maximum absolute atomic E-state index is 12.8. The highest BCUT2D eigenvalue weighted by Gasteiger charge is 2.23. The molecule has 1 amide bonds. The normalized spacial score (nSPS) is 11.8. The number of methoxy groups -OCH3 is 3. The Kier molecular flexibility index (Phi) is 7.33. The summed E-state index contributed by atoms with van der Waals surface area (Å²) in [5, 5.41) is 3.62. The second-order valence-corrected chi connectivity index (χ2v) is 6.50. The minimum Gasteiger partial charge on any atom is -0.493 e. The first-order valence-corrected chi connectivity index (χ1v) is 8.80. The molecule has 6 nitrogen and oxygen atoms in total. The fourth-order valence-electron chi connectivity index (χ4n) is 2.88. The second-order valence-electron chi connectivity index (χ2n) is 6.09. The molecule has 0 unspecified atom stereocenters. The molecule has 0 radical (unpaired) electrons. The summed E-state index contributed by atoms with van der Waals surface area (Å²) in [6, 6.07) is 10.9. The number of carbonyl (C=O) groups excluding carboxylic acids is 1. The first-order chi connectivity index (χ1) is 12.9. The Hall–Kier alpha value is -2.44. The van der Waals surface area contributed by atoms with Crippen molar-refractivity contribution in [2.45, 2.75) is 6.04 Å². The number of amides is 1. The molecule has 2 rings (SSSR count). The molecule has 0 fully saturated rings. The van der Waals surface area contributed by atoms with Gasteiger partial charge in [-0.15, -0.1) is 0 Å². The highest BCUT2D eigenvalue weighted by molar-refractivity contribution is 6.31. The quantitative estimate of drug-likeness (QED) is 0.746. The van der Waals surface area contributed by atoms with Gasteiger partial charge in [0, 0.05) is 11.6 Å². The van der Waals surface area contributed by atoms with Crippen molar-refractivity contribution in [2.24, 2.45) is 0 Å².